The Morgan fingerprint density at radius 2 is 1.84 bits per heavy atom. The van der Waals surface area contributed by atoms with E-state index in [1.807, 2.05) is 0 Å². The van der Waals surface area contributed by atoms with E-state index >= 15 is 0 Å². The van der Waals surface area contributed by atoms with Crippen molar-refractivity contribution >= 4 is 17.5 Å². The van der Waals surface area contributed by atoms with Gasteiger partial charge in [0.1, 0.15) is 5.82 Å². The van der Waals surface area contributed by atoms with Gasteiger partial charge in [-0.3, -0.25) is 0 Å². The lowest BCUT2D eigenvalue weighted by molar-refractivity contribution is -0.254. The first kappa shape index (κ1) is 17.1. The van der Waals surface area contributed by atoms with Crippen molar-refractivity contribution in [2.45, 2.75) is 25.2 Å². The van der Waals surface area contributed by atoms with E-state index in [1.54, 1.807) is 0 Å². The number of aliphatic hydroxyl groups is 1. The second-order valence-corrected chi connectivity index (χ2v) is 5.58. The Labute approximate surface area is 139 Å². The molecule has 132 valence electrons. The Morgan fingerprint density at radius 1 is 1.20 bits per heavy atom. The van der Waals surface area contributed by atoms with Crippen LogP contribution in [0.3, 0.4) is 0 Å². The van der Waals surface area contributed by atoms with Crippen LogP contribution in [-0.2, 0) is 0 Å². The maximum absolute atomic E-state index is 13.5. The van der Waals surface area contributed by atoms with Crippen LogP contribution in [0.2, 0.25) is 0 Å². The molecule has 1 aliphatic rings. The summed E-state index contributed by atoms with van der Waals surface area (Å²) in [5.74, 6) is -1.07. The number of benzene rings is 1. The van der Waals surface area contributed by atoms with Crippen LogP contribution >= 0.6 is 0 Å². The van der Waals surface area contributed by atoms with Gasteiger partial charge in [0.05, 0.1) is 12.1 Å². The summed E-state index contributed by atoms with van der Waals surface area (Å²) >= 11 is 0. The Kier molecular flexibility index (Phi) is 3.87. The van der Waals surface area contributed by atoms with Gasteiger partial charge in [-0.1, -0.05) is 12.1 Å². The molecule has 0 amide bonds. The largest absolute Gasteiger partial charge is 0.438 e. The quantitative estimate of drug-likeness (QED) is 0.808. The Morgan fingerprint density at radius 3 is 2.40 bits per heavy atom. The zero-order valence-electron chi connectivity index (χ0n) is 12.9. The van der Waals surface area contributed by atoms with Crippen LogP contribution in [-0.4, -0.2) is 32.7 Å². The van der Waals surface area contributed by atoms with Gasteiger partial charge in [0.25, 0.3) is 5.72 Å². The van der Waals surface area contributed by atoms with Gasteiger partial charge in [0.15, 0.2) is 5.82 Å². The topological polar surface area (TPSA) is 87.6 Å². The molecule has 2 heterocycles. The predicted octanol–water partition coefficient (Wildman–Crippen LogP) is 2.37. The number of halogens is 4. The highest BCUT2D eigenvalue weighted by Crippen LogP contribution is 2.43. The predicted molar refractivity (Wildman–Crippen MR) is 82.2 cm³/mol. The third-order valence-electron chi connectivity index (χ3n) is 3.69. The van der Waals surface area contributed by atoms with Gasteiger partial charge < -0.3 is 10.8 Å². The maximum Gasteiger partial charge on any atom is 0.438 e. The molecule has 10 heteroatoms. The highest BCUT2D eigenvalue weighted by molar-refractivity contribution is 6.03. The molecule has 0 fully saturated rings. The molecule has 0 radical (unpaired) electrons. The molecule has 0 saturated carbocycles. The number of alkyl halides is 3. The third-order valence-corrected chi connectivity index (χ3v) is 3.69. The van der Waals surface area contributed by atoms with Crippen molar-refractivity contribution in [3.8, 4) is 0 Å². The number of nitrogens with zero attached hydrogens (tertiary/aromatic N) is 4. The molecular weight excluding hydrogens is 342 g/mol. The van der Waals surface area contributed by atoms with Crippen LogP contribution in [0.5, 0.6) is 0 Å². The highest BCUT2D eigenvalue weighted by atomic mass is 19.4. The molecule has 1 aromatic heterocycles. The summed E-state index contributed by atoms with van der Waals surface area (Å²) in [7, 11) is 0. The number of hydrogen-bond donors (Lipinski definition) is 2. The van der Waals surface area contributed by atoms with Crippen molar-refractivity contribution in [2.24, 2.45) is 5.10 Å². The van der Waals surface area contributed by atoms with Crippen molar-refractivity contribution in [1.29, 1.82) is 0 Å². The maximum atomic E-state index is 13.5. The molecule has 2 aromatic rings. The number of hydrazone groups is 1. The molecule has 0 aliphatic carbocycles. The van der Waals surface area contributed by atoms with E-state index in [0.717, 1.165) is 12.1 Å². The van der Waals surface area contributed by atoms with Crippen LogP contribution in [0.4, 0.5) is 29.3 Å². The lowest BCUT2D eigenvalue weighted by Crippen LogP contribution is -2.55. The fraction of sp³-hybridized carbons (Fsp3) is 0.267. The van der Waals surface area contributed by atoms with Gasteiger partial charge in [-0.2, -0.15) is 23.3 Å². The molecule has 25 heavy (non-hydrogen) atoms. The normalized spacial score (nSPS) is 20.7. The Hall–Kier alpha value is -2.75. The number of rotatable bonds is 2. The second-order valence-electron chi connectivity index (χ2n) is 5.58. The Balaban J connectivity index is 2.11. The molecular formula is C15H13F4N5O. The van der Waals surface area contributed by atoms with Crippen molar-refractivity contribution < 1.29 is 22.7 Å². The van der Waals surface area contributed by atoms with Crippen LogP contribution in [0.15, 0.2) is 35.4 Å². The van der Waals surface area contributed by atoms with Crippen LogP contribution in [0, 0.1) is 12.7 Å². The number of nitrogen functional groups attached to an aromatic ring is 1. The van der Waals surface area contributed by atoms with E-state index in [-0.39, 0.29) is 23.0 Å². The SMILES string of the molecule is Cc1cc(N2N=C(c3ccc(F)cc3)C[C@]2(O)C(F)(F)F)nc(N)n1. The van der Waals surface area contributed by atoms with Gasteiger partial charge in [0, 0.05) is 11.8 Å². The first-order valence-electron chi connectivity index (χ1n) is 7.14. The second kappa shape index (κ2) is 5.66. The Bertz CT molecular complexity index is 817. The third kappa shape index (κ3) is 3.00. The van der Waals surface area contributed by atoms with Crippen LogP contribution in [0.25, 0.3) is 0 Å². The summed E-state index contributed by atoms with van der Waals surface area (Å²) in [4.78, 5) is 7.52. The molecule has 3 rings (SSSR count). The molecule has 1 aromatic carbocycles. The van der Waals surface area contributed by atoms with Crippen molar-refractivity contribution in [1.82, 2.24) is 9.97 Å². The van der Waals surface area contributed by atoms with E-state index in [9.17, 15) is 22.7 Å². The molecule has 0 saturated heterocycles. The summed E-state index contributed by atoms with van der Waals surface area (Å²) in [5, 5.41) is 14.6. The van der Waals surface area contributed by atoms with Gasteiger partial charge >= 0.3 is 6.18 Å². The summed E-state index contributed by atoms with van der Waals surface area (Å²) in [6, 6.07) is 5.99. The average molecular weight is 355 g/mol. The number of hydrogen-bond acceptors (Lipinski definition) is 6. The smallest absolute Gasteiger partial charge is 0.368 e. The van der Waals surface area contributed by atoms with Crippen molar-refractivity contribution in [3.63, 3.8) is 0 Å². The first-order chi connectivity index (χ1) is 11.6. The summed E-state index contributed by atoms with van der Waals surface area (Å²) in [5.41, 5.74) is 2.70. The molecule has 1 atom stereocenters. The van der Waals surface area contributed by atoms with E-state index in [2.05, 4.69) is 15.1 Å². The molecule has 1 aliphatic heterocycles. The number of aromatic nitrogens is 2. The zero-order chi connectivity index (χ0) is 18.4. The standard InChI is InChI=1S/C15H13F4N5O/c1-8-6-12(22-13(20)21-8)24-14(25,15(17,18)19)7-11(23-24)9-2-4-10(16)5-3-9/h2-6,25H,7H2,1H3,(H2,20,21,22)/t14-/m0/s1. The molecule has 6 nitrogen and oxygen atoms in total. The minimum Gasteiger partial charge on any atom is -0.368 e. The lowest BCUT2D eigenvalue weighted by Gasteiger charge is -2.33. The van der Waals surface area contributed by atoms with Crippen LogP contribution in [0.1, 0.15) is 17.7 Å². The summed E-state index contributed by atoms with van der Waals surface area (Å²) < 4.78 is 53.6. The number of nitrogens with two attached hydrogens (primary N) is 1. The van der Waals surface area contributed by atoms with Crippen molar-refractivity contribution in [3.05, 3.63) is 47.4 Å². The molecule has 0 unspecified atom stereocenters. The fourth-order valence-corrected chi connectivity index (χ4v) is 2.49. The van der Waals surface area contributed by atoms with E-state index < -0.39 is 24.1 Å². The zero-order valence-corrected chi connectivity index (χ0v) is 12.9. The molecule has 0 bridgehead atoms. The summed E-state index contributed by atoms with van der Waals surface area (Å²) in [6.07, 6.45) is -5.86. The molecule has 0 spiro atoms. The lowest BCUT2D eigenvalue weighted by atomic mass is 10.0. The minimum atomic E-state index is -5.02. The van der Waals surface area contributed by atoms with Gasteiger partial charge in [0.2, 0.25) is 5.95 Å². The average Bonchev–Trinajstić information content (AvgIpc) is 2.86. The van der Waals surface area contributed by atoms with E-state index in [1.165, 1.54) is 25.1 Å². The van der Waals surface area contributed by atoms with E-state index in [0.29, 0.717) is 10.7 Å². The van der Waals surface area contributed by atoms with E-state index in [4.69, 9.17) is 5.73 Å². The fourth-order valence-electron chi connectivity index (χ4n) is 2.49. The first-order valence-corrected chi connectivity index (χ1v) is 7.14. The van der Waals surface area contributed by atoms with Gasteiger partial charge in [-0.05, 0) is 24.6 Å². The molecule has 3 N–H and O–H groups in total. The monoisotopic (exact) mass is 355 g/mol. The minimum absolute atomic E-state index is 0.0605. The summed E-state index contributed by atoms with van der Waals surface area (Å²) in [6.45, 7) is 1.52. The van der Waals surface area contributed by atoms with Crippen LogP contribution < -0.4 is 10.7 Å². The number of anilines is 2. The van der Waals surface area contributed by atoms with Gasteiger partial charge in [-0.25, -0.2) is 14.4 Å². The van der Waals surface area contributed by atoms with Gasteiger partial charge in [-0.15, -0.1) is 0 Å². The van der Waals surface area contributed by atoms with Crippen molar-refractivity contribution in [2.75, 3.05) is 10.7 Å². The highest BCUT2D eigenvalue weighted by Gasteiger charge is 2.62. The number of aryl methyl sites for hydroxylation is 1.